The quantitative estimate of drug-likeness (QED) is 0.799. The van der Waals surface area contributed by atoms with Crippen LogP contribution in [0.1, 0.15) is 44.1 Å². The predicted molar refractivity (Wildman–Crippen MR) is 88.2 cm³/mol. The zero-order valence-corrected chi connectivity index (χ0v) is 14.3. The van der Waals surface area contributed by atoms with Crippen molar-refractivity contribution in [3.8, 4) is 0 Å². The van der Waals surface area contributed by atoms with Crippen LogP contribution >= 0.6 is 0 Å². The largest absolute Gasteiger partial charge is 0.335 e. The van der Waals surface area contributed by atoms with E-state index >= 15 is 0 Å². The zero-order valence-electron chi connectivity index (χ0n) is 13.5. The highest BCUT2D eigenvalue weighted by Gasteiger charge is 2.26. The maximum atomic E-state index is 13.0. The van der Waals surface area contributed by atoms with E-state index in [9.17, 15) is 17.6 Å². The summed E-state index contributed by atoms with van der Waals surface area (Å²) in [5, 5.41) is 0. The highest BCUT2D eigenvalue weighted by molar-refractivity contribution is 7.90. The first-order chi connectivity index (χ1) is 10.8. The number of benzene rings is 1. The number of hydrogen-bond donors (Lipinski definition) is 0. The van der Waals surface area contributed by atoms with Gasteiger partial charge in [0, 0.05) is 25.3 Å². The van der Waals surface area contributed by atoms with E-state index in [4.69, 9.17) is 0 Å². The number of hydrogen-bond acceptors (Lipinski definition) is 3. The Bertz CT molecular complexity index is 622. The highest BCUT2D eigenvalue weighted by atomic mass is 32.2. The SMILES string of the molecule is CS(=O)(=O)CCC(=O)N(Cc1ccc(F)cc1)C1CCCCC1. The fraction of sp³-hybridized carbons (Fsp3) is 0.588. The maximum absolute atomic E-state index is 13.0. The number of amides is 1. The van der Waals surface area contributed by atoms with Gasteiger partial charge in [0.1, 0.15) is 15.7 Å². The molecule has 0 spiro atoms. The Balaban J connectivity index is 2.10. The van der Waals surface area contributed by atoms with Crippen LogP contribution in [0.3, 0.4) is 0 Å². The molecule has 1 aromatic rings. The van der Waals surface area contributed by atoms with Crippen molar-refractivity contribution in [1.82, 2.24) is 4.90 Å². The van der Waals surface area contributed by atoms with Crippen LogP contribution in [0.25, 0.3) is 0 Å². The molecular weight excluding hydrogens is 317 g/mol. The summed E-state index contributed by atoms with van der Waals surface area (Å²) < 4.78 is 35.7. The summed E-state index contributed by atoms with van der Waals surface area (Å²) in [6.07, 6.45) is 6.41. The van der Waals surface area contributed by atoms with Gasteiger partial charge in [-0.1, -0.05) is 31.4 Å². The Morgan fingerprint density at radius 1 is 1.17 bits per heavy atom. The average Bonchev–Trinajstić information content (AvgIpc) is 2.52. The first kappa shape index (κ1) is 17.9. The van der Waals surface area contributed by atoms with Crippen LogP contribution in [-0.4, -0.2) is 37.3 Å². The second kappa shape index (κ2) is 7.90. The molecule has 23 heavy (non-hydrogen) atoms. The van der Waals surface area contributed by atoms with Crippen LogP contribution in [0.5, 0.6) is 0 Å². The van der Waals surface area contributed by atoms with E-state index in [-0.39, 0.29) is 29.9 Å². The van der Waals surface area contributed by atoms with Gasteiger partial charge in [0.05, 0.1) is 5.75 Å². The topological polar surface area (TPSA) is 54.5 Å². The first-order valence-corrected chi connectivity index (χ1v) is 10.1. The summed E-state index contributed by atoms with van der Waals surface area (Å²) in [6, 6.07) is 6.27. The van der Waals surface area contributed by atoms with E-state index in [2.05, 4.69) is 0 Å². The number of carbonyl (C=O) groups excluding carboxylic acids is 1. The summed E-state index contributed by atoms with van der Waals surface area (Å²) in [4.78, 5) is 14.3. The molecule has 0 saturated heterocycles. The molecule has 4 nitrogen and oxygen atoms in total. The first-order valence-electron chi connectivity index (χ1n) is 8.07. The van der Waals surface area contributed by atoms with Crippen LogP contribution < -0.4 is 0 Å². The van der Waals surface area contributed by atoms with Gasteiger partial charge in [0.2, 0.25) is 5.91 Å². The van der Waals surface area contributed by atoms with Gasteiger partial charge in [-0.05, 0) is 30.5 Å². The number of halogens is 1. The van der Waals surface area contributed by atoms with E-state index in [1.807, 2.05) is 0 Å². The highest BCUT2D eigenvalue weighted by Crippen LogP contribution is 2.25. The fourth-order valence-corrected chi connectivity index (χ4v) is 3.56. The van der Waals surface area contributed by atoms with E-state index in [0.29, 0.717) is 6.54 Å². The molecule has 0 bridgehead atoms. The summed E-state index contributed by atoms with van der Waals surface area (Å²) in [7, 11) is -3.16. The van der Waals surface area contributed by atoms with E-state index in [0.717, 1.165) is 37.5 Å². The minimum absolute atomic E-state index is 0.0104. The molecule has 1 fully saturated rings. The number of sulfone groups is 1. The van der Waals surface area contributed by atoms with Crippen molar-refractivity contribution in [3.05, 3.63) is 35.6 Å². The van der Waals surface area contributed by atoms with Crippen molar-refractivity contribution in [2.45, 2.75) is 51.1 Å². The molecule has 1 aliphatic rings. The third-order valence-corrected chi connectivity index (χ3v) is 5.23. The molecule has 2 rings (SSSR count). The second-order valence-electron chi connectivity index (χ2n) is 6.32. The molecule has 6 heteroatoms. The van der Waals surface area contributed by atoms with Crippen LogP contribution in [0, 0.1) is 5.82 Å². The monoisotopic (exact) mass is 341 g/mol. The fourth-order valence-electron chi connectivity index (χ4n) is 3.02. The van der Waals surface area contributed by atoms with Crippen LogP contribution in [-0.2, 0) is 21.2 Å². The van der Waals surface area contributed by atoms with Crippen LogP contribution in [0.15, 0.2) is 24.3 Å². The summed E-state index contributed by atoms with van der Waals surface area (Å²) in [6.45, 7) is 0.410. The standard InChI is InChI=1S/C17H24FNO3S/c1-23(21,22)12-11-17(20)19(16-5-3-2-4-6-16)13-14-7-9-15(18)10-8-14/h7-10,16H,2-6,11-13H2,1H3. The molecule has 0 heterocycles. The Kier molecular flexibility index (Phi) is 6.16. The van der Waals surface area contributed by atoms with Gasteiger partial charge in [0.15, 0.2) is 0 Å². The van der Waals surface area contributed by atoms with E-state index < -0.39 is 9.84 Å². The lowest BCUT2D eigenvalue weighted by atomic mass is 9.93. The molecule has 128 valence electrons. The van der Waals surface area contributed by atoms with Gasteiger partial charge in [-0.15, -0.1) is 0 Å². The van der Waals surface area contributed by atoms with Crippen molar-refractivity contribution in [2.24, 2.45) is 0 Å². The lowest BCUT2D eigenvalue weighted by molar-refractivity contribution is -0.134. The molecule has 0 aliphatic heterocycles. The Morgan fingerprint density at radius 2 is 1.78 bits per heavy atom. The summed E-state index contributed by atoms with van der Waals surface area (Å²) >= 11 is 0. The molecule has 0 N–H and O–H groups in total. The molecule has 0 aromatic heterocycles. The van der Waals surface area contributed by atoms with Gasteiger partial charge >= 0.3 is 0 Å². The Morgan fingerprint density at radius 3 is 2.35 bits per heavy atom. The normalized spacial score (nSPS) is 16.3. The molecule has 1 aliphatic carbocycles. The molecule has 0 radical (unpaired) electrons. The summed E-state index contributed by atoms with van der Waals surface area (Å²) in [5.41, 5.74) is 0.865. The predicted octanol–water partition coefficient (Wildman–Crippen LogP) is 2.92. The molecule has 1 saturated carbocycles. The minimum Gasteiger partial charge on any atom is -0.335 e. The van der Waals surface area contributed by atoms with Crippen molar-refractivity contribution in [2.75, 3.05) is 12.0 Å². The van der Waals surface area contributed by atoms with Crippen molar-refractivity contribution < 1.29 is 17.6 Å². The zero-order chi connectivity index (χ0) is 16.9. The number of rotatable bonds is 6. The molecular formula is C17H24FNO3S. The van der Waals surface area contributed by atoms with Gasteiger partial charge in [-0.3, -0.25) is 4.79 Å². The lowest BCUT2D eigenvalue weighted by Gasteiger charge is -2.34. The van der Waals surface area contributed by atoms with Crippen LogP contribution in [0.2, 0.25) is 0 Å². The third kappa shape index (κ3) is 5.94. The van der Waals surface area contributed by atoms with Crippen molar-refractivity contribution in [3.63, 3.8) is 0 Å². The molecule has 0 unspecified atom stereocenters. The average molecular weight is 341 g/mol. The number of carbonyl (C=O) groups is 1. The maximum Gasteiger partial charge on any atom is 0.224 e. The number of nitrogens with zero attached hydrogens (tertiary/aromatic N) is 1. The van der Waals surface area contributed by atoms with Crippen molar-refractivity contribution in [1.29, 1.82) is 0 Å². The van der Waals surface area contributed by atoms with E-state index in [1.165, 1.54) is 18.6 Å². The lowest BCUT2D eigenvalue weighted by Crippen LogP contribution is -2.41. The molecule has 0 atom stereocenters. The van der Waals surface area contributed by atoms with Crippen molar-refractivity contribution >= 4 is 15.7 Å². The summed E-state index contributed by atoms with van der Waals surface area (Å²) in [5.74, 6) is -0.564. The second-order valence-corrected chi connectivity index (χ2v) is 8.58. The smallest absolute Gasteiger partial charge is 0.224 e. The van der Waals surface area contributed by atoms with Gasteiger partial charge in [-0.25, -0.2) is 12.8 Å². The van der Waals surface area contributed by atoms with Gasteiger partial charge in [-0.2, -0.15) is 0 Å². The Hall–Kier alpha value is -1.43. The van der Waals surface area contributed by atoms with E-state index in [1.54, 1.807) is 17.0 Å². The minimum atomic E-state index is -3.16. The molecule has 1 aromatic carbocycles. The van der Waals surface area contributed by atoms with Gasteiger partial charge < -0.3 is 4.90 Å². The molecule has 1 amide bonds. The van der Waals surface area contributed by atoms with Gasteiger partial charge in [0.25, 0.3) is 0 Å². The third-order valence-electron chi connectivity index (χ3n) is 4.29. The Labute approximate surface area is 137 Å². The van der Waals surface area contributed by atoms with Crippen LogP contribution in [0.4, 0.5) is 4.39 Å².